The number of carbonyl (C=O) groups excluding carboxylic acids is 2. The van der Waals surface area contributed by atoms with Crippen molar-refractivity contribution >= 4 is 17.9 Å². The topological polar surface area (TPSA) is 102 Å². The van der Waals surface area contributed by atoms with Crippen LogP contribution in [0.15, 0.2) is 84.9 Å². The highest BCUT2D eigenvalue weighted by atomic mass is 16.5. The van der Waals surface area contributed by atoms with E-state index in [9.17, 15) is 19.5 Å². The zero-order valence-corrected chi connectivity index (χ0v) is 23.5. The Bertz CT molecular complexity index is 1420. The molecule has 2 saturated heterocycles. The van der Waals surface area contributed by atoms with E-state index in [-0.39, 0.29) is 30.4 Å². The number of hydrogen-bond donors (Lipinski definition) is 2. The van der Waals surface area contributed by atoms with Gasteiger partial charge in [-0.2, -0.15) is 0 Å². The minimum absolute atomic E-state index is 0.0423. The van der Waals surface area contributed by atoms with Crippen molar-refractivity contribution < 1.29 is 24.2 Å². The van der Waals surface area contributed by atoms with E-state index in [4.69, 9.17) is 4.74 Å². The summed E-state index contributed by atoms with van der Waals surface area (Å²) in [5, 5.41) is 13.6. The van der Waals surface area contributed by atoms with Gasteiger partial charge in [0.1, 0.15) is 17.8 Å². The molecule has 218 valence electrons. The van der Waals surface area contributed by atoms with Crippen LogP contribution >= 0.6 is 0 Å². The maximum Gasteiger partial charge on any atom is 0.408 e. The molecule has 0 aromatic heterocycles. The molecule has 0 unspecified atom stereocenters. The molecule has 3 aliphatic heterocycles. The molecule has 0 bridgehead atoms. The standard InChI is InChI=1S/C33H36N4O5/c38-31(34-27-17-19-42-29-16-8-7-15-26(27)29)28-22-35-18-9-14-25(35)21-36(28)32(39)30(24-12-5-2-6-13-24)37(33(40)41)20-23-10-3-1-4-11-23/h1-8,10-13,15-16,25,27-28,30H,9,14,17-22H2,(H,34,38)(H,40,41)/t25-,27-,28+,30+/m1/s1. The van der Waals surface area contributed by atoms with E-state index in [1.807, 2.05) is 60.7 Å². The third kappa shape index (κ3) is 5.69. The van der Waals surface area contributed by atoms with Crippen molar-refractivity contribution in [3.8, 4) is 5.75 Å². The number of benzene rings is 3. The van der Waals surface area contributed by atoms with Crippen LogP contribution in [-0.4, -0.2) is 76.0 Å². The van der Waals surface area contributed by atoms with Crippen LogP contribution in [0, 0.1) is 0 Å². The van der Waals surface area contributed by atoms with Crippen molar-refractivity contribution in [2.45, 2.75) is 50.0 Å². The van der Waals surface area contributed by atoms with Crippen molar-refractivity contribution in [1.82, 2.24) is 20.0 Å². The minimum atomic E-state index is -1.19. The van der Waals surface area contributed by atoms with Crippen LogP contribution in [-0.2, 0) is 16.1 Å². The Labute approximate surface area is 245 Å². The lowest BCUT2D eigenvalue weighted by Crippen LogP contribution is -2.64. The van der Waals surface area contributed by atoms with Crippen molar-refractivity contribution in [3.05, 3.63) is 102 Å². The summed E-state index contributed by atoms with van der Waals surface area (Å²) in [4.78, 5) is 46.5. The first-order valence-electron chi connectivity index (χ1n) is 14.6. The Hall–Kier alpha value is -4.37. The van der Waals surface area contributed by atoms with Crippen LogP contribution in [0.2, 0.25) is 0 Å². The average molecular weight is 569 g/mol. The number of rotatable bonds is 7. The van der Waals surface area contributed by atoms with Crippen molar-refractivity contribution in [3.63, 3.8) is 0 Å². The third-order valence-electron chi connectivity index (χ3n) is 8.65. The molecular formula is C33H36N4O5. The number of nitrogens with zero attached hydrogens (tertiary/aromatic N) is 3. The summed E-state index contributed by atoms with van der Waals surface area (Å²) in [6.45, 7) is 2.21. The predicted octanol–water partition coefficient (Wildman–Crippen LogP) is 4.22. The second-order valence-electron chi connectivity index (χ2n) is 11.2. The number of hydrogen-bond acceptors (Lipinski definition) is 5. The Morgan fingerprint density at radius 2 is 1.64 bits per heavy atom. The van der Waals surface area contributed by atoms with Gasteiger partial charge in [0.15, 0.2) is 0 Å². The lowest BCUT2D eigenvalue weighted by Gasteiger charge is -2.45. The van der Waals surface area contributed by atoms with Crippen LogP contribution in [0.4, 0.5) is 4.79 Å². The predicted molar refractivity (Wildman–Crippen MR) is 157 cm³/mol. The summed E-state index contributed by atoms with van der Waals surface area (Å²) in [5.41, 5.74) is 2.28. The molecule has 2 fully saturated rings. The lowest BCUT2D eigenvalue weighted by atomic mass is 9.97. The fourth-order valence-corrected chi connectivity index (χ4v) is 6.54. The van der Waals surface area contributed by atoms with Crippen LogP contribution < -0.4 is 10.1 Å². The monoisotopic (exact) mass is 568 g/mol. The highest BCUT2D eigenvalue weighted by molar-refractivity contribution is 5.92. The number of piperazine rings is 1. The first-order chi connectivity index (χ1) is 20.5. The van der Waals surface area contributed by atoms with Gasteiger partial charge in [0, 0.05) is 31.1 Å². The van der Waals surface area contributed by atoms with Gasteiger partial charge in [-0.25, -0.2) is 4.79 Å². The molecule has 3 aliphatic rings. The molecule has 0 saturated carbocycles. The maximum atomic E-state index is 14.6. The minimum Gasteiger partial charge on any atom is -0.493 e. The van der Waals surface area contributed by atoms with Gasteiger partial charge in [0.05, 0.1) is 19.2 Å². The molecule has 42 heavy (non-hydrogen) atoms. The van der Waals surface area contributed by atoms with E-state index in [1.165, 1.54) is 4.90 Å². The number of ether oxygens (including phenoxy) is 1. The highest BCUT2D eigenvalue weighted by Crippen LogP contribution is 2.34. The second-order valence-corrected chi connectivity index (χ2v) is 11.2. The normalized spacial score (nSPS) is 22.3. The van der Waals surface area contributed by atoms with Crippen LogP contribution in [0.25, 0.3) is 0 Å². The fraction of sp³-hybridized carbons (Fsp3) is 0.364. The molecule has 0 radical (unpaired) electrons. The Kier molecular flexibility index (Phi) is 8.10. The van der Waals surface area contributed by atoms with Gasteiger partial charge in [-0.15, -0.1) is 0 Å². The smallest absolute Gasteiger partial charge is 0.408 e. The molecule has 3 aromatic rings. The number of fused-ring (bicyclic) bond motifs is 2. The number of carboxylic acid groups (broad SMARTS) is 1. The van der Waals surface area contributed by atoms with Crippen molar-refractivity contribution in [2.24, 2.45) is 0 Å². The quantitative estimate of drug-likeness (QED) is 0.443. The Morgan fingerprint density at radius 3 is 2.40 bits per heavy atom. The van der Waals surface area contributed by atoms with Crippen molar-refractivity contribution in [1.29, 1.82) is 0 Å². The molecule has 6 rings (SSSR count). The summed E-state index contributed by atoms with van der Waals surface area (Å²) in [5.74, 6) is 0.151. The van der Waals surface area contributed by atoms with E-state index >= 15 is 0 Å². The van der Waals surface area contributed by atoms with Crippen LogP contribution in [0.3, 0.4) is 0 Å². The Morgan fingerprint density at radius 1 is 0.929 bits per heavy atom. The number of amides is 3. The fourth-order valence-electron chi connectivity index (χ4n) is 6.54. The molecule has 4 atom stereocenters. The molecule has 0 aliphatic carbocycles. The zero-order valence-electron chi connectivity index (χ0n) is 23.5. The summed E-state index contributed by atoms with van der Waals surface area (Å²) in [7, 11) is 0. The number of nitrogens with one attached hydrogen (secondary N) is 1. The Balaban J connectivity index is 1.33. The summed E-state index contributed by atoms with van der Waals surface area (Å²) in [6.07, 6.45) is 1.38. The SMILES string of the molecule is O=C(N[C@@H]1CCOc2ccccc21)[C@@H]1CN2CCC[C@@H]2CN1C(=O)[C@H](c1ccccc1)N(Cc1ccccc1)C(=O)O. The first-order valence-corrected chi connectivity index (χ1v) is 14.6. The van der Waals surface area contributed by atoms with Gasteiger partial charge in [0.25, 0.3) is 5.91 Å². The summed E-state index contributed by atoms with van der Waals surface area (Å²) < 4.78 is 5.79. The summed E-state index contributed by atoms with van der Waals surface area (Å²) >= 11 is 0. The second kappa shape index (κ2) is 12.2. The zero-order chi connectivity index (χ0) is 29.1. The van der Waals surface area contributed by atoms with Gasteiger partial charge in [-0.05, 0) is 36.6 Å². The third-order valence-corrected chi connectivity index (χ3v) is 8.65. The van der Waals surface area contributed by atoms with Crippen LogP contribution in [0.5, 0.6) is 5.75 Å². The van der Waals surface area contributed by atoms with Gasteiger partial charge in [0.2, 0.25) is 5.91 Å². The van der Waals surface area contributed by atoms with E-state index in [1.54, 1.807) is 29.2 Å². The molecule has 2 N–H and O–H groups in total. The van der Waals surface area contributed by atoms with Gasteiger partial charge in [-0.3, -0.25) is 19.4 Å². The van der Waals surface area contributed by atoms with E-state index in [0.717, 1.165) is 36.3 Å². The van der Waals surface area contributed by atoms with E-state index < -0.39 is 18.2 Å². The molecule has 3 aromatic carbocycles. The van der Waals surface area contributed by atoms with Crippen molar-refractivity contribution in [2.75, 3.05) is 26.2 Å². The summed E-state index contributed by atoms with van der Waals surface area (Å²) in [6, 6.07) is 24.0. The molecular weight excluding hydrogens is 532 g/mol. The first kappa shape index (κ1) is 27.8. The van der Waals surface area contributed by atoms with Gasteiger partial charge >= 0.3 is 6.09 Å². The molecule has 9 heteroatoms. The molecule has 3 amide bonds. The van der Waals surface area contributed by atoms with E-state index in [0.29, 0.717) is 31.7 Å². The van der Waals surface area contributed by atoms with Gasteiger partial charge in [-0.1, -0.05) is 78.9 Å². The maximum absolute atomic E-state index is 14.6. The largest absolute Gasteiger partial charge is 0.493 e. The molecule has 0 spiro atoms. The van der Waals surface area contributed by atoms with Gasteiger partial charge < -0.3 is 20.1 Å². The number of para-hydroxylation sites is 1. The highest BCUT2D eigenvalue weighted by Gasteiger charge is 2.46. The number of carbonyl (C=O) groups is 3. The molecule has 9 nitrogen and oxygen atoms in total. The lowest BCUT2D eigenvalue weighted by molar-refractivity contribution is -0.149. The van der Waals surface area contributed by atoms with Crippen LogP contribution in [0.1, 0.15) is 48.0 Å². The van der Waals surface area contributed by atoms with E-state index in [2.05, 4.69) is 10.2 Å². The molecule has 3 heterocycles. The average Bonchev–Trinajstić information content (AvgIpc) is 3.49.